The zero-order valence-electron chi connectivity index (χ0n) is 15.4. The highest BCUT2D eigenvalue weighted by atomic mass is 31.2. The van der Waals surface area contributed by atoms with Gasteiger partial charge in [-0.25, -0.2) is 9.36 Å². The van der Waals surface area contributed by atoms with Gasteiger partial charge in [-0.15, -0.1) is 0 Å². The minimum absolute atomic E-state index is 0.126. The van der Waals surface area contributed by atoms with Gasteiger partial charge in [0.05, 0.1) is 12.7 Å². The Morgan fingerprint density at radius 2 is 1.96 bits per heavy atom. The van der Waals surface area contributed by atoms with Gasteiger partial charge in [0.15, 0.2) is 0 Å². The van der Waals surface area contributed by atoms with Crippen molar-refractivity contribution in [2.24, 2.45) is 0 Å². The van der Waals surface area contributed by atoms with Gasteiger partial charge < -0.3 is 25.2 Å². The lowest BCUT2D eigenvalue weighted by molar-refractivity contribution is -0.0242. The minimum Gasteiger partial charge on any atom is -0.383 e. The fraction of sp³-hybridized carbons (Fsp3) is 0.733. The molecule has 1 saturated heterocycles. The predicted octanol–water partition coefficient (Wildman–Crippen LogP) is 0.961. The molecule has 0 spiro atoms. The number of hydrogen-bond acceptors (Lipinski definition) is 7. The van der Waals surface area contributed by atoms with Crippen LogP contribution in [0, 0.1) is 0 Å². The van der Waals surface area contributed by atoms with Gasteiger partial charge in [0.2, 0.25) is 0 Å². The third-order valence-corrected chi connectivity index (χ3v) is 4.50. The molecule has 10 nitrogen and oxygen atoms in total. The summed E-state index contributed by atoms with van der Waals surface area (Å²) in [7, 11) is -4.50. The van der Waals surface area contributed by atoms with Crippen molar-refractivity contribution in [3.8, 4) is 0 Å². The SMILES string of the molecule is CCN(CC)CC.Nc1ccn([C@H]2CC[C@@H](COP(=O)(O)O)O2)c(=O)n1. The molecule has 2 heterocycles. The molecule has 0 bridgehead atoms. The van der Waals surface area contributed by atoms with Crippen molar-refractivity contribution in [1.82, 2.24) is 14.5 Å². The highest BCUT2D eigenvalue weighted by molar-refractivity contribution is 7.46. The molecule has 0 radical (unpaired) electrons. The first-order valence-electron chi connectivity index (χ1n) is 8.62. The van der Waals surface area contributed by atoms with E-state index in [2.05, 4.69) is 35.2 Å². The summed E-state index contributed by atoms with van der Waals surface area (Å²) in [6.45, 7) is 9.90. The molecule has 26 heavy (non-hydrogen) atoms. The van der Waals surface area contributed by atoms with Crippen LogP contribution in [0.3, 0.4) is 0 Å². The topological polar surface area (TPSA) is 140 Å². The summed E-state index contributed by atoms with van der Waals surface area (Å²) in [5.74, 6) is 0.126. The molecular weight excluding hydrogens is 363 g/mol. The van der Waals surface area contributed by atoms with E-state index in [1.165, 1.54) is 36.5 Å². The molecule has 2 atom stereocenters. The molecular formula is C15H29N4O6P. The van der Waals surface area contributed by atoms with Crippen LogP contribution in [0.4, 0.5) is 5.82 Å². The molecule has 4 N–H and O–H groups in total. The number of rotatable bonds is 7. The summed E-state index contributed by atoms with van der Waals surface area (Å²) in [6.07, 6.45) is 1.54. The Balaban J connectivity index is 0.000000412. The lowest BCUT2D eigenvalue weighted by Gasteiger charge is -2.15. The van der Waals surface area contributed by atoms with Crippen molar-refractivity contribution in [2.45, 2.75) is 45.9 Å². The van der Waals surface area contributed by atoms with Gasteiger partial charge in [0, 0.05) is 6.20 Å². The first-order chi connectivity index (χ1) is 12.2. The van der Waals surface area contributed by atoms with E-state index in [1.807, 2.05) is 0 Å². The number of ether oxygens (including phenoxy) is 1. The van der Waals surface area contributed by atoms with Crippen LogP contribution in [-0.2, 0) is 13.8 Å². The molecule has 1 aliphatic rings. The second-order valence-corrected chi connectivity index (χ2v) is 6.98. The number of phosphoric ester groups is 1. The maximum atomic E-state index is 11.6. The average molecular weight is 392 g/mol. The Labute approximate surface area is 153 Å². The quantitative estimate of drug-likeness (QED) is 0.579. The highest BCUT2D eigenvalue weighted by Crippen LogP contribution is 2.37. The van der Waals surface area contributed by atoms with E-state index in [1.54, 1.807) is 0 Å². The predicted molar refractivity (Wildman–Crippen MR) is 97.5 cm³/mol. The van der Waals surface area contributed by atoms with Gasteiger partial charge in [-0.3, -0.25) is 9.09 Å². The summed E-state index contributed by atoms with van der Waals surface area (Å²) in [5.41, 5.74) is 4.85. The van der Waals surface area contributed by atoms with Crippen LogP contribution in [-0.4, -0.2) is 56.6 Å². The molecule has 150 valence electrons. The summed E-state index contributed by atoms with van der Waals surface area (Å²) in [6, 6.07) is 1.48. The largest absolute Gasteiger partial charge is 0.469 e. The monoisotopic (exact) mass is 392 g/mol. The Kier molecular flexibility index (Phi) is 9.42. The number of nitrogens with zero attached hydrogens (tertiary/aromatic N) is 3. The van der Waals surface area contributed by atoms with E-state index in [9.17, 15) is 9.36 Å². The summed E-state index contributed by atoms with van der Waals surface area (Å²) in [5, 5.41) is 0. The van der Waals surface area contributed by atoms with Gasteiger partial charge in [0.25, 0.3) is 0 Å². The molecule has 0 saturated carbocycles. The number of phosphoric acid groups is 1. The van der Waals surface area contributed by atoms with Gasteiger partial charge in [-0.1, -0.05) is 20.8 Å². The first-order valence-corrected chi connectivity index (χ1v) is 10.2. The van der Waals surface area contributed by atoms with Gasteiger partial charge in [0.1, 0.15) is 12.0 Å². The molecule has 0 aliphatic carbocycles. The van der Waals surface area contributed by atoms with Gasteiger partial charge in [-0.05, 0) is 38.5 Å². The second-order valence-electron chi connectivity index (χ2n) is 5.74. The van der Waals surface area contributed by atoms with E-state index >= 15 is 0 Å². The smallest absolute Gasteiger partial charge is 0.383 e. The molecule has 0 aromatic carbocycles. The normalized spacial score (nSPS) is 20.1. The third kappa shape index (κ3) is 7.94. The van der Waals surface area contributed by atoms with Crippen molar-refractivity contribution in [3.05, 3.63) is 22.7 Å². The maximum Gasteiger partial charge on any atom is 0.469 e. The average Bonchev–Trinajstić information content (AvgIpc) is 3.03. The molecule has 1 aromatic heterocycles. The van der Waals surface area contributed by atoms with Crippen LogP contribution in [0.2, 0.25) is 0 Å². The lowest BCUT2D eigenvalue weighted by atomic mass is 10.2. The highest BCUT2D eigenvalue weighted by Gasteiger charge is 2.29. The first kappa shape index (κ1) is 22.8. The molecule has 0 amide bonds. The van der Waals surface area contributed by atoms with Crippen LogP contribution in [0.5, 0.6) is 0 Å². The van der Waals surface area contributed by atoms with Crippen LogP contribution >= 0.6 is 7.82 Å². The molecule has 1 fully saturated rings. The van der Waals surface area contributed by atoms with Crippen molar-refractivity contribution in [3.63, 3.8) is 0 Å². The van der Waals surface area contributed by atoms with Crippen molar-refractivity contribution in [2.75, 3.05) is 32.0 Å². The van der Waals surface area contributed by atoms with Gasteiger partial charge in [-0.2, -0.15) is 4.98 Å². The summed E-state index contributed by atoms with van der Waals surface area (Å²) >= 11 is 0. The van der Waals surface area contributed by atoms with Crippen LogP contribution in [0.15, 0.2) is 17.1 Å². The fourth-order valence-electron chi connectivity index (χ4n) is 2.51. The van der Waals surface area contributed by atoms with Crippen LogP contribution < -0.4 is 11.4 Å². The Bertz CT molecular complexity index is 640. The molecule has 2 rings (SSSR count). The van der Waals surface area contributed by atoms with Crippen LogP contribution in [0.1, 0.15) is 39.8 Å². The number of anilines is 1. The minimum atomic E-state index is -4.50. The van der Waals surface area contributed by atoms with Crippen molar-refractivity contribution < 1.29 is 23.6 Å². The van der Waals surface area contributed by atoms with E-state index in [0.717, 1.165) is 0 Å². The molecule has 1 aromatic rings. The molecule has 11 heteroatoms. The van der Waals surface area contributed by atoms with E-state index < -0.39 is 25.8 Å². The Hall–Kier alpha value is -1.29. The van der Waals surface area contributed by atoms with E-state index in [4.69, 9.17) is 20.3 Å². The van der Waals surface area contributed by atoms with Crippen LogP contribution in [0.25, 0.3) is 0 Å². The lowest BCUT2D eigenvalue weighted by Crippen LogP contribution is -2.27. The van der Waals surface area contributed by atoms with E-state index in [0.29, 0.717) is 12.8 Å². The standard InChI is InChI=1S/C9H14N3O6P.C6H15N/c10-7-3-4-12(9(13)11-7)8-2-1-6(18-8)5-17-19(14,15)16;1-4-7(5-2)6-3/h3-4,6,8H,1-2,5H2,(H2,10,11,13)(H2,14,15,16);4-6H2,1-3H3/t6-,8+;/m0./s1. The maximum absolute atomic E-state index is 11.6. The third-order valence-electron chi connectivity index (χ3n) is 4.02. The zero-order valence-corrected chi connectivity index (χ0v) is 16.3. The number of aromatic nitrogens is 2. The molecule has 1 aliphatic heterocycles. The number of hydrogen-bond donors (Lipinski definition) is 3. The molecule has 0 unspecified atom stereocenters. The zero-order chi connectivity index (χ0) is 19.7. The van der Waals surface area contributed by atoms with Crippen molar-refractivity contribution >= 4 is 13.6 Å². The summed E-state index contributed by atoms with van der Waals surface area (Å²) < 4.78 is 21.7. The Morgan fingerprint density at radius 1 is 1.35 bits per heavy atom. The second kappa shape index (κ2) is 10.8. The van der Waals surface area contributed by atoms with E-state index in [-0.39, 0.29) is 12.4 Å². The number of nitrogen functional groups attached to an aromatic ring is 1. The van der Waals surface area contributed by atoms with Crippen molar-refractivity contribution in [1.29, 1.82) is 0 Å². The summed E-state index contributed by atoms with van der Waals surface area (Å²) in [4.78, 5) is 34.7. The van der Waals surface area contributed by atoms with Gasteiger partial charge >= 0.3 is 13.5 Å². The number of nitrogens with two attached hydrogens (primary N) is 1. The Morgan fingerprint density at radius 3 is 2.42 bits per heavy atom. The fourth-order valence-corrected chi connectivity index (χ4v) is 2.87.